The van der Waals surface area contributed by atoms with Gasteiger partial charge in [-0.3, -0.25) is 0 Å². The highest BCUT2D eigenvalue weighted by molar-refractivity contribution is 9.10. The fourth-order valence-electron chi connectivity index (χ4n) is 2.15. The van der Waals surface area contributed by atoms with Gasteiger partial charge >= 0.3 is 0 Å². The molecule has 0 bridgehead atoms. The van der Waals surface area contributed by atoms with Gasteiger partial charge in [0.15, 0.2) is 0 Å². The molecule has 1 aromatic heterocycles. The molecule has 1 aliphatic rings. The average molecular weight is 298 g/mol. The van der Waals surface area contributed by atoms with E-state index in [-0.39, 0.29) is 0 Å². The lowest BCUT2D eigenvalue weighted by Crippen LogP contribution is -2.39. The molecule has 0 atom stereocenters. The second-order valence-electron chi connectivity index (χ2n) is 5.18. The van der Waals surface area contributed by atoms with E-state index in [0.29, 0.717) is 5.41 Å². The van der Waals surface area contributed by atoms with Crippen LogP contribution in [0.4, 0.5) is 5.82 Å². The number of nitrogens with one attached hydrogen (secondary N) is 2. The van der Waals surface area contributed by atoms with Crippen molar-refractivity contribution in [3.8, 4) is 0 Å². The first-order valence-corrected chi connectivity index (χ1v) is 6.96. The minimum Gasteiger partial charge on any atom is -0.370 e. The molecule has 94 valence electrons. The smallest absolute Gasteiger partial charge is 0.126 e. The zero-order valence-electron chi connectivity index (χ0n) is 10.5. The Labute approximate surface area is 112 Å². The van der Waals surface area contributed by atoms with E-state index in [1.807, 2.05) is 13.0 Å². The average Bonchev–Trinajstić information content (AvgIpc) is 2.32. The van der Waals surface area contributed by atoms with Crippen molar-refractivity contribution in [2.24, 2.45) is 5.41 Å². The summed E-state index contributed by atoms with van der Waals surface area (Å²) in [4.78, 5) is 4.51. The first kappa shape index (κ1) is 12.8. The zero-order valence-corrected chi connectivity index (χ0v) is 12.1. The molecule has 1 saturated heterocycles. The lowest BCUT2D eigenvalue weighted by atomic mass is 9.81. The molecular formula is C13H20BrN3. The topological polar surface area (TPSA) is 37.0 Å². The first-order valence-electron chi connectivity index (χ1n) is 6.17. The Kier molecular flexibility index (Phi) is 4.05. The minimum atomic E-state index is 0.397. The molecule has 0 amide bonds. The van der Waals surface area contributed by atoms with Gasteiger partial charge in [0, 0.05) is 11.0 Å². The molecule has 1 aromatic rings. The fourth-order valence-corrected chi connectivity index (χ4v) is 2.37. The van der Waals surface area contributed by atoms with Crippen LogP contribution in [0.3, 0.4) is 0 Å². The summed E-state index contributed by atoms with van der Waals surface area (Å²) in [5.41, 5.74) is 1.43. The van der Waals surface area contributed by atoms with E-state index >= 15 is 0 Å². The van der Waals surface area contributed by atoms with E-state index in [2.05, 4.69) is 44.5 Å². The third kappa shape index (κ3) is 3.42. The van der Waals surface area contributed by atoms with E-state index in [4.69, 9.17) is 0 Å². The highest BCUT2D eigenvalue weighted by atomic mass is 79.9. The summed E-state index contributed by atoms with van der Waals surface area (Å²) in [6.45, 7) is 7.63. The van der Waals surface area contributed by atoms with Crippen molar-refractivity contribution in [3.05, 3.63) is 22.3 Å². The predicted molar refractivity (Wildman–Crippen MR) is 75.4 cm³/mol. The lowest BCUT2D eigenvalue weighted by Gasteiger charge is -2.34. The molecule has 17 heavy (non-hydrogen) atoms. The summed E-state index contributed by atoms with van der Waals surface area (Å²) in [5, 5.41) is 6.87. The van der Waals surface area contributed by atoms with Gasteiger partial charge in [-0.05, 0) is 66.3 Å². The standard InChI is InChI=1S/C13H20BrN3/c1-10-11(14)3-4-12(17-10)16-9-13(2)5-7-15-8-6-13/h3-4,15H,5-9H2,1-2H3,(H,16,17). The molecule has 0 spiro atoms. The van der Waals surface area contributed by atoms with E-state index in [9.17, 15) is 0 Å². The number of halogens is 1. The van der Waals surface area contributed by atoms with Gasteiger partial charge in [0.25, 0.3) is 0 Å². The summed E-state index contributed by atoms with van der Waals surface area (Å²) >= 11 is 3.47. The second kappa shape index (κ2) is 5.36. The van der Waals surface area contributed by atoms with Gasteiger partial charge in [0.1, 0.15) is 5.82 Å². The molecule has 4 heteroatoms. The summed E-state index contributed by atoms with van der Waals surface area (Å²) in [6.07, 6.45) is 2.46. The normalized spacial score (nSPS) is 19.0. The number of pyridine rings is 1. The molecule has 3 nitrogen and oxygen atoms in total. The maximum absolute atomic E-state index is 4.51. The van der Waals surface area contributed by atoms with Crippen molar-refractivity contribution in [3.63, 3.8) is 0 Å². The Morgan fingerprint density at radius 2 is 2.12 bits per heavy atom. The van der Waals surface area contributed by atoms with E-state index in [0.717, 1.165) is 35.6 Å². The van der Waals surface area contributed by atoms with E-state index in [1.165, 1.54) is 12.8 Å². The van der Waals surface area contributed by atoms with Crippen LogP contribution in [0.15, 0.2) is 16.6 Å². The molecule has 1 fully saturated rings. The van der Waals surface area contributed by atoms with Gasteiger partial charge in [-0.25, -0.2) is 4.98 Å². The van der Waals surface area contributed by atoms with Crippen LogP contribution in [0.5, 0.6) is 0 Å². The molecule has 0 saturated carbocycles. The SMILES string of the molecule is Cc1nc(NCC2(C)CCNCC2)ccc1Br. The quantitative estimate of drug-likeness (QED) is 0.901. The van der Waals surface area contributed by atoms with Gasteiger partial charge < -0.3 is 10.6 Å². The second-order valence-corrected chi connectivity index (χ2v) is 6.03. The molecule has 0 aliphatic carbocycles. The molecule has 0 unspecified atom stereocenters. The summed E-state index contributed by atoms with van der Waals surface area (Å²) in [5.74, 6) is 0.977. The van der Waals surface area contributed by atoms with Crippen molar-refractivity contribution < 1.29 is 0 Å². The van der Waals surface area contributed by atoms with Crippen LogP contribution in [0.1, 0.15) is 25.5 Å². The van der Waals surface area contributed by atoms with E-state index < -0.39 is 0 Å². The molecule has 2 rings (SSSR count). The van der Waals surface area contributed by atoms with Crippen molar-refractivity contribution in [1.82, 2.24) is 10.3 Å². The molecule has 0 aromatic carbocycles. The number of piperidine rings is 1. The largest absolute Gasteiger partial charge is 0.370 e. The van der Waals surface area contributed by atoms with Crippen LogP contribution in [0, 0.1) is 12.3 Å². The maximum atomic E-state index is 4.51. The molecule has 2 heterocycles. The first-order chi connectivity index (χ1) is 8.09. The molecule has 0 radical (unpaired) electrons. The highest BCUT2D eigenvalue weighted by Gasteiger charge is 2.26. The van der Waals surface area contributed by atoms with Crippen molar-refractivity contribution in [2.75, 3.05) is 25.0 Å². The number of aryl methyl sites for hydroxylation is 1. The van der Waals surface area contributed by atoms with Crippen molar-refractivity contribution in [1.29, 1.82) is 0 Å². The maximum Gasteiger partial charge on any atom is 0.126 e. The number of rotatable bonds is 3. The summed E-state index contributed by atoms with van der Waals surface area (Å²) in [7, 11) is 0. The Morgan fingerprint density at radius 1 is 1.41 bits per heavy atom. The Balaban J connectivity index is 1.94. The highest BCUT2D eigenvalue weighted by Crippen LogP contribution is 2.28. The van der Waals surface area contributed by atoms with Crippen LogP contribution in [-0.4, -0.2) is 24.6 Å². The number of aromatic nitrogens is 1. The van der Waals surface area contributed by atoms with Crippen LogP contribution in [0.2, 0.25) is 0 Å². The van der Waals surface area contributed by atoms with Gasteiger partial charge in [-0.15, -0.1) is 0 Å². The third-order valence-electron chi connectivity index (χ3n) is 3.53. The minimum absolute atomic E-state index is 0.397. The van der Waals surface area contributed by atoms with E-state index in [1.54, 1.807) is 0 Å². The number of hydrogen-bond donors (Lipinski definition) is 2. The number of hydrogen-bond acceptors (Lipinski definition) is 3. The molecule has 1 aliphatic heterocycles. The van der Waals surface area contributed by atoms with Gasteiger partial charge in [-0.2, -0.15) is 0 Å². The van der Waals surface area contributed by atoms with Crippen molar-refractivity contribution in [2.45, 2.75) is 26.7 Å². The molecular weight excluding hydrogens is 278 g/mol. The van der Waals surface area contributed by atoms with Crippen LogP contribution < -0.4 is 10.6 Å². The third-order valence-corrected chi connectivity index (χ3v) is 4.37. The predicted octanol–water partition coefficient (Wildman–Crippen LogP) is 2.95. The molecule has 2 N–H and O–H groups in total. The van der Waals surface area contributed by atoms with Gasteiger partial charge in [-0.1, -0.05) is 6.92 Å². The lowest BCUT2D eigenvalue weighted by molar-refractivity contribution is 0.247. The Hall–Kier alpha value is -0.610. The fraction of sp³-hybridized carbons (Fsp3) is 0.615. The van der Waals surface area contributed by atoms with Crippen LogP contribution in [0.25, 0.3) is 0 Å². The summed E-state index contributed by atoms with van der Waals surface area (Å²) in [6, 6.07) is 4.08. The van der Waals surface area contributed by atoms with Gasteiger partial charge in [0.2, 0.25) is 0 Å². The van der Waals surface area contributed by atoms with Crippen LogP contribution >= 0.6 is 15.9 Å². The Bertz CT molecular complexity index is 386. The number of nitrogens with zero attached hydrogens (tertiary/aromatic N) is 1. The van der Waals surface area contributed by atoms with Crippen molar-refractivity contribution >= 4 is 21.7 Å². The number of anilines is 1. The monoisotopic (exact) mass is 297 g/mol. The van der Waals surface area contributed by atoms with Crippen LogP contribution in [-0.2, 0) is 0 Å². The van der Waals surface area contributed by atoms with Gasteiger partial charge in [0.05, 0.1) is 5.69 Å². The Morgan fingerprint density at radius 3 is 2.76 bits per heavy atom. The zero-order chi connectivity index (χ0) is 12.3. The summed E-state index contributed by atoms with van der Waals surface area (Å²) < 4.78 is 1.07.